The number of carbonyl (C=O) groups is 1. The third-order valence-electron chi connectivity index (χ3n) is 4.79. The van der Waals surface area contributed by atoms with E-state index in [1.165, 1.54) is 11.3 Å². The lowest BCUT2D eigenvalue weighted by molar-refractivity contribution is 0.0917. The number of thiophene rings is 1. The van der Waals surface area contributed by atoms with E-state index >= 15 is 0 Å². The minimum absolute atomic E-state index is 0.0233. The van der Waals surface area contributed by atoms with Crippen molar-refractivity contribution in [3.05, 3.63) is 28.6 Å². The molecule has 0 bridgehead atoms. The maximum Gasteiger partial charge on any atom is 0.261 e. The smallest absolute Gasteiger partial charge is 0.261 e. The van der Waals surface area contributed by atoms with Gasteiger partial charge < -0.3 is 15.2 Å². The molecule has 1 aromatic carbocycles. The molecule has 1 aliphatic rings. The average molecular weight is 333 g/mol. The lowest BCUT2D eigenvalue weighted by Gasteiger charge is -2.27. The standard InChI is InChI=1S/C18H23NO3S/c1-11-15-9-14(22-2)7-8-16(15)23-17(11)18(21)19-13-5-3-12(10-20)4-6-13/h7-9,12-13,20H,3-6,10H2,1-2H3,(H,19,21). The third kappa shape index (κ3) is 3.35. The molecule has 1 heterocycles. The van der Waals surface area contributed by atoms with Crippen molar-refractivity contribution in [2.45, 2.75) is 38.6 Å². The van der Waals surface area contributed by atoms with Gasteiger partial charge in [0.15, 0.2) is 0 Å². The van der Waals surface area contributed by atoms with E-state index in [1.54, 1.807) is 7.11 Å². The summed E-state index contributed by atoms with van der Waals surface area (Å²) in [6, 6.07) is 6.15. The highest BCUT2D eigenvalue weighted by Crippen LogP contribution is 2.33. The molecule has 0 atom stereocenters. The maximum atomic E-state index is 12.6. The van der Waals surface area contributed by atoms with Gasteiger partial charge >= 0.3 is 0 Å². The van der Waals surface area contributed by atoms with Gasteiger partial charge in [-0.05, 0) is 67.7 Å². The SMILES string of the molecule is COc1ccc2sc(C(=O)NC3CCC(CO)CC3)c(C)c2c1. The van der Waals surface area contributed by atoms with E-state index in [1.807, 2.05) is 25.1 Å². The highest BCUT2D eigenvalue weighted by molar-refractivity contribution is 7.21. The fourth-order valence-electron chi connectivity index (χ4n) is 3.28. The van der Waals surface area contributed by atoms with E-state index in [9.17, 15) is 9.90 Å². The largest absolute Gasteiger partial charge is 0.497 e. The number of hydrogen-bond donors (Lipinski definition) is 2. The van der Waals surface area contributed by atoms with Crippen LogP contribution in [0.25, 0.3) is 10.1 Å². The first kappa shape index (κ1) is 16.3. The van der Waals surface area contributed by atoms with Crippen LogP contribution in [0, 0.1) is 12.8 Å². The first-order valence-electron chi connectivity index (χ1n) is 8.11. The Morgan fingerprint density at radius 2 is 2.09 bits per heavy atom. The van der Waals surface area contributed by atoms with Gasteiger partial charge in [-0.25, -0.2) is 0 Å². The molecule has 1 amide bonds. The zero-order chi connectivity index (χ0) is 16.4. The predicted molar refractivity (Wildman–Crippen MR) is 93.4 cm³/mol. The van der Waals surface area contributed by atoms with Gasteiger partial charge in [0.1, 0.15) is 5.75 Å². The number of rotatable bonds is 4. The molecule has 4 nitrogen and oxygen atoms in total. The molecule has 2 N–H and O–H groups in total. The lowest BCUT2D eigenvalue weighted by Crippen LogP contribution is -2.38. The van der Waals surface area contributed by atoms with Crippen LogP contribution in [-0.4, -0.2) is 30.8 Å². The molecule has 124 valence electrons. The van der Waals surface area contributed by atoms with Crippen LogP contribution in [0.1, 0.15) is 40.9 Å². The summed E-state index contributed by atoms with van der Waals surface area (Å²) < 4.78 is 6.38. The van der Waals surface area contributed by atoms with Crippen LogP contribution in [0.15, 0.2) is 18.2 Å². The fraction of sp³-hybridized carbons (Fsp3) is 0.500. The van der Waals surface area contributed by atoms with Crippen molar-refractivity contribution < 1.29 is 14.6 Å². The van der Waals surface area contributed by atoms with Crippen LogP contribution >= 0.6 is 11.3 Å². The van der Waals surface area contributed by atoms with Gasteiger partial charge in [0.05, 0.1) is 12.0 Å². The molecule has 5 heteroatoms. The summed E-state index contributed by atoms with van der Waals surface area (Å²) in [4.78, 5) is 13.4. The number of amides is 1. The highest BCUT2D eigenvalue weighted by atomic mass is 32.1. The number of ether oxygens (including phenoxy) is 1. The normalized spacial score (nSPS) is 21.3. The first-order valence-corrected chi connectivity index (χ1v) is 8.93. The van der Waals surface area contributed by atoms with E-state index in [0.717, 1.165) is 52.0 Å². The zero-order valence-electron chi connectivity index (χ0n) is 13.6. The number of methoxy groups -OCH3 is 1. The molecule has 23 heavy (non-hydrogen) atoms. The number of aliphatic hydroxyl groups excluding tert-OH is 1. The maximum absolute atomic E-state index is 12.6. The van der Waals surface area contributed by atoms with Gasteiger partial charge in [-0.1, -0.05) is 0 Å². The molecular weight excluding hydrogens is 310 g/mol. The Hall–Kier alpha value is -1.59. The predicted octanol–water partition coefficient (Wildman–Crippen LogP) is 3.50. The van der Waals surface area contributed by atoms with Gasteiger partial charge in [-0.15, -0.1) is 11.3 Å². The summed E-state index contributed by atoms with van der Waals surface area (Å²) >= 11 is 1.54. The van der Waals surface area contributed by atoms with Crippen molar-refractivity contribution in [1.82, 2.24) is 5.32 Å². The number of carbonyl (C=O) groups excluding carboxylic acids is 1. The summed E-state index contributed by atoms with van der Waals surface area (Å²) in [6.45, 7) is 2.26. The lowest BCUT2D eigenvalue weighted by atomic mass is 9.86. The van der Waals surface area contributed by atoms with Crippen molar-refractivity contribution in [2.75, 3.05) is 13.7 Å². The number of hydrogen-bond acceptors (Lipinski definition) is 4. The fourth-order valence-corrected chi connectivity index (χ4v) is 4.38. The van der Waals surface area contributed by atoms with Crippen molar-refractivity contribution in [2.24, 2.45) is 5.92 Å². The molecule has 0 saturated heterocycles. The molecule has 1 aliphatic carbocycles. The van der Waals surface area contributed by atoms with E-state index in [2.05, 4.69) is 5.32 Å². The molecule has 0 aliphatic heterocycles. The minimum atomic E-state index is 0.0233. The Morgan fingerprint density at radius 1 is 1.35 bits per heavy atom. The van der Waals surface area contributed by atoms with Gasteiger partial charge in [0.25, 0.3) is 5.91 Å². The van der Waals surface area contributed by atoms with Crippen LogP contribution in [-0.2, 0) is 0 Å². The molecule has 3 rings (SSSR count). The molecule has 1 fully saturated rings. The Labute approximate surface area is 140 Å². The Bertz CT molecular complexity index is 702. The van der Waals surface area contributed by atoms with E-state index in [4.69, 9.17) is 4.74 Å². The van der Waals surface area contributed by atoms with E-state index < -0.39 is 0 Å². The number of benzene rings is 1. The van der Waals surface area contributed by atoms with Gasteiger partial charge in [-0.2, -0.15) is 0 Å². The van der Waals surface area contributed by atoms with Crippen molar-refractivity contribution in [3.63, 3.8) is 0 Å². The monoisotopic (exact) mass is 333 g/mol. The van der Waals surface area contributed by atoms with Crippen LogP contribution in [0.5, 0.6) is 5.75 Å². The van der Waals surface area contributed by atoms with E-state index in [-0.39, 0.29) is 18.6 Å². The Morgan fingerprint density at radius 3 is 2.74 bits per heavy atom. The molecular formula is C18H23NO3S. The van der Waals surface area contributed by atoms with Crippen LogP contribution in [0.4, 0.5) is 0 Å². The van der Waals surface area contributed by atoms with Gasteiger partial charge in [0.2, 0.25) is 0 Å². The summed E-state index contributed by atoms with van der Waals surface area (Å²) in [5, 5.41) is 13.5. The summed E-state index contributed by atoms with van der Waals surface area (Å²) in [7, 11) is 1.65. The van der Waals surface area contributed by atoms with Crippen molar-refractivity contribution in [3.8, 4) is 5.75 Å². The average Bonchev–Trinajstić information content (AvgIpc) is 2.92. The van der Waals surface area contributed by atoms with Gasteiger partial charge in [-0.3, -0.25) is 4.79 Å². The second-order valence-corrected chi connectivity index (χ2v) is 7.34. The molecule has 2 aromatic rings. The van der Waals surface area contributed by atoms with Crippen molar-refractivity contribution in [1.29, 1.82) is 0 Å². The topological polar surface area (TPSA) is 58.6 Å². The minimum Gasteiger partial charge on any atom is -0.497 e. The molecule has 0 radical (unpaired) electrons. The summed E-state index contributed by atoms with van der Waals surface area (Å²) in [5.74, 6) is 1.24. The Balaban J connectivity index is 1.75. The molecule has 0 unspecified atom stereocenters. The van der Waals surface area contributed by atoms with Crippen LogP contribution in [0.3, 0.4) is 0 Å². The van der Waals surface area contributed by atoms with E-state index in [0.29, 0.717) is 5.92 Å². The third-order valence-corrected chi connectivity index (χ3v) is 6.06. The Kier molecular flexibility index (Phi) is 4.87. The second-order valence-electron chi connectivity index (χ2n) is 6.29. The van der Waals surface area contributed by atoms with Crippen molar-refractivity contribution >= 4 is 27.3 Å². The van der Waals surface area contributed by atoms with Gasteiger partial charge in [0, 0.05) is 17.3 Å². The molecule has 0 spiro atoms. The number of aliphatic hydroxyl groups is 1. The second kappa shape index (κ2) is 6.89. The molecule has 1 saturated carbocycles. The van der Waals surface area contributed by atoms with Crippen LogP contribution in [0.2, 0.25) is 0 Å². The number of fused-ring (bicyclic) bond motifs is 1. The highest BCUT2D eigenvalue weighted by Gasteiger charge is 2.24. The zero-order valence-corrected chi connectivity index (χ0v) is 14.4. The summed E-state index contributed by atoms with van der Waals surface area (Å²) in [5.41, 5.74) is 1.02. The summed E-state index contributed by atoms with van der Waals surface area (Å²) in [6.07, 6.45) is 3.89. The first-order chi connectivity index (χ1) is 11.1. The number of aryl methyl sites for hydroxylation is 1. The van der Waals surface area contributed by atoms with Crippen LogP contribution < -0.4 is 10.1 Å². The quantitative estimate of drug-likeness (QED) is 0.900. The molecule has 1 aromatic heterocycles. The number of nitrogens with one attached hydrogen (secondary N) is 1.